The summed E-state index contributed by atoms with van der Waals surface area (Å²) in [6.07, 6.45) is 1.26. The minimum atomic E-state index is -2.95. The van der Waals surface area contributed by atoms with Crippen LogP contribution in [0, 0.1) is 0 Å². The maximum Gasteiger partial charge on any atom is 0.351 e. The monoisotopic (exact) mass is 269 g/mol. The molecule has 0 amide bonds. The fraction of sp³-hybridized carbons (Fsp3) is 1.00. The molecular formula is C9H21NO4P2. The van der Waals surface area contributed by atoms with Crippen LogP contribution in [0.25, 0.3) is 0 Å². The summed E-state index contributed by atoms with van der Waals surface area (Å²) < 4.78 is 30.4. The van der Waals surface area contributed by atoms with Crippen molar-refractivity contribution >= 4 is 16.1 Å². The molecule has 1 heterocycles. The van der Waals surface area contributed by atoms with Crippen LogP contribution in [-0.2, 0) is 17.9 Å². The molecule has 1 rings (SSSR count). The molecule has 0 N–H and O–H groups in total. The van der Waals surface area contributed by atoms with Gasteiger partial charge in [-0.3, -0.25) is 4.57 Å². The van der Waals surface area contributed by atoms with Gasteiger partial charge in [0, 0.05) is 6.04 Å². The van der Waals surface area contributed by atoms with Crippen molar-refractivity contribution in [2.75, 3.05) is 19.5 Å². The van der Waals surface area contributed by atoms with Crippen LogP contribution in [0.15, 0.2) is 0 Å². The molecule has 7 heteroatoms. The average molecular weight is 269 g/mol. The molecular weight excluding hydrogens is 248 g/mol. The summed E-state index contributed by atoms with van der Waals surface area (Å²) in [6, 6.07) is 0.249. The summed E-state index contributed by atoms with van der Waals surface area (Å²) in [4.78, 5) is 0. The van der Waals surface area contributed by atoms with Crippen molar-refractivity contribution in [1.29, 1.82) is 0 Å². The first-order valence-corrected chi connectivity index (χ1v) is 8.51. The molecule has 0 spiro atoms. The van der Waals surface area contributed by atoms with E-state index < -0.39 is 16.1 Å². The Labute approximate surface area is 98.9 Å². The van der Waals surface area contributed by atoms with Crippen molar-refractivity contribution in [2.24, 2.45) is 0 Å². The van der Waals surface area contributed by atoms with Gasteiger partial charge in [-0.2, -0.15) is 0 Å². The predicted octanol–water partition coefficient (Wildman–Crippen LogP) is 3.57. The second-order valence-electron chi connectivity index (χ2n) is 3.86. The van der Waals surface area contributed by atoms with E-state index in [1.807, 2.05) is 32.4 Å². The van der Waals surface area contributed by atoms with Crippen LogP contribution in [0.4, 0.5) is 0 Å². The third kappa shape index (κ3) is 3.76. The van der Waals surface area contributed by atoms with E-state index in [-0.39, 0.29) is 6.04 Å². The summed E-state index contributed by atoms with van der Waals surface area (Å²) in [6.45, 7) is 8.95. The standard InChI is InChI=1S/C9H21NO4P2/c1-5-7-12-15-10(9(3)4)8-16(11,14-15)13-6-2/h9H,5-8H2,1-4H3. The lowest BCUT2D eigenvalue weighted by atomic mass is 10.4. The highest BCUT2D eigenvalue weighted by Crippen LogP contribution is 2.70. The molecule has 0 saturated carbocycles. The fourth-order valence-corrected chi connectivity index (χ4v) is 6.00. The van der Waals surface area contributed by atoms with Crippen LogP contribution in [0.3, 0.4) is 0 Å². The smallest absolute Gasteiger partial charge is 0.322 e. The highest BCUT2D eigenvalue weighted by molar-refractivity contribution is 7.66. The molecule has 0 aromatic rings. The molecule has 2 atom stereocenters. The van der Waals surface area contributed by atoms with E-state index in [0.717, 1.165) is 6.42 Å². The summed E-state index contributed by atoms with van der Waals surface area (Å²) >= 11 is 0. The third-order valence-corrected chi connectivity index (χ3v) is 6.56. The lowest BCUT2D eigenvalue weighted by molar-refractivity contribution is 0.262. The third-order valence-electron chi connectivity index (χ3n) is 2.05. The van der Waals surface area contributed by atoms with E-state index in [0.29, 0.717) is 19.5 Å². The topological polar surface area (TPSA) is 48.0 Å². The lowest BCUT2D eigenvalue weighted by Gasteiger charge is -2.22. The second kappa shape index (κ2) is 6.44. The van der Waals surface area contributed by atoms with Crippen molar-refractivity contribution in [3.63, 3.8) is 0 Å². The molecule has 0 aliphatic carbocycles. The van der Waals surface area contributed by atoms with Crippen molar-refractivity contribution in [3.05, 3.63) is 0 Å². The first-order chi connectivity index (χ1) is 7.52. The maximum atomic E-state index is 12.2. The van der Waals surface area contributed by atoms with E-state index >= 15 is 0 Å². The normalized spacial score (nSPS) is 31.4. The quantitative estimate of drug-likeness (QED) is 0.690. The highest BCUT2D eigenvalue weighted by atomic mass is 31.2. The summed E-state index contributed by atoms with van der Waals surface area (Å²) in [7, 11) is -4.15. The van der Waals surface area contributed by atoms with Crippen LogP contribution in [0.1, 0.15) is 34.1 Å². The summed E-state index contributed by atoms with van der Waals surface area (Å²) in [5, 5.41) is 0. The van der Waals surface area contributed by atoms with Crippen LogP contribution < -0.4 is 0 Å². The molecule has 5 nitrogen and oxygen atoms in total. The van der Waals surface area contributed by atoms with Gasteiger partial charge in [-0.05, 0) is 27.2 Å². The Kier molecular flexibility index (Phi) is 5.86. The Bertz CT molecular complexity index is 262. The van der Waals surface area contributed by atoms with E-state index in [2.05, 4.69) is 0 Å². The summed E-state index contributed by atoms with van der Waals surface area (Å²) in [5.41, 5.74) is 0. The van der Waals surface area contributed by atoms with Crippen molar-refractivity contribution in [2.45, 2.75) is 40.2 Å². The zero-order chi connectivity index (χ0) is 12.2. The van der Waals surface area contributed by atoms with Gasteiger partial charge in [-0.25, -0.2) is 8.98 Å². The Morgan fingerprint density at radius 1 is 1.50 bits per heavy atom. The lowest BCUT2D eigenvalue weighted by Crippen LogP contribution is -2.23. The van der Waals surface area contributed by atoms with Gasteiger partial charge in [0.15, 0.2) is 0 Å². The SMILES string of the molecule is CCCOP1OP(=O)(OCC)CN1C(C)C. The Hall–Kier alpha value is 0.500. The van der Waals surface area contributed by atoms with Gasteiger partial charge in [0.25, 0.3) is 8.53 Å². The Morgan fingerprint density at radius 3 is 2.69 bits per heavy atom. The van der Waals surface area contributed by atoms with Crippen molar-refractivity contribution < 1.29 is 17.9 Å². The highest BCUT2D eigenvalue weighted by Gasteiger charge is 2.45. The van der Waals surface area contributed by atoms with E-state index in [1.54, 1.807) is 0 Å². The van der Waals surface area contributed by atoms with Gasteiger partial charge < -0.3 is 9.05 Å². The minimum absolute atomic E-state index is 0.249. The Morgan fingerprint density at radius 2 is 2.19 bits per heavy atom. The molecule has 2 unspecified atom stereocenters. The molecule has 0 aromatic heterocycles. The van der Waals surface area contributed by atoms with Crippen LogP contribution in [0.5, 0.6) is 0 Å². The zero-order valence-electron chi connectivity index (χ0n) is 10.4. The fourth-order valence-electron chi connectivity index (χ4n) is 1.29. The van der Waals surface area contributed by atoms with Crippen LogP contribution >= 0.6 is 16.1 Å². The van der Waals surface area contributed by atoms with Crippen LogP contribution in [0.2, 0.25) is 0 Å². The first kappa shape index (κ1) is 14.6. The number of rotatable bonds is 6. The molecule has 0 radical (unpaired) electrons. The van der Waals surface area contributed by atoms with E-state index in [1.165, 1.54) is 0 Å². The van der Waals surface area contributed by atoms with Gasteiger partial charge in [-0.15, -0.1) is 0 Å². The van der Waals surface area contributed by atoms with Gasteiger partial charge in [0.05, 0.1) is 13.2 Å². The largest absolute Gasteiger partial charge is 0.351 e. The number of hydrogen-bond donors (Lipinski definition) is 0. The molecule has 1 saturated heterocycles. The molecule has 16 heavy (non-hydrogen) atoms. The molecule has 0 aromatic carbocycles. The van der Waals surface area contributed by atoms with E-state index in [9.17, 15) is 4.57 Å². The molecule has 1 aliphatic rings. The number of hydrogen-bond acceptors (Lipinski definition) is 5. The van der Waals surface area contributed by atoms with Gasteiger partial charge in [0.1, 0.15) is 6.29 Å². The van der Waals surface area contributed by atoms with Crippen molar-refractivity contribution in [1.82, 2.24) is 4.67 Å². The molecule has 96 valence electrons. The predicted molar refractivity (Wildman–Crippen MR) is 65.3 cm³/mol. The average Bonchev–Trinajstić information content (AvgIpc) is 2.53. The number of nitrogens with zero attached hydrogens (tertiary/aromatic N) is 1. The molecule has 1 aliphatic heterocycles. The Balaban J connectivity index is 2.64. The molecule has 0 bridgehead atoms. The van der Waals surface area contributed by atoms with Gasteiger partial charge in [0.2, 0.25) is 0 Å². The minimum Gasteiger partial charge on any atom is -0.322 e. The molecule has 1 fully saturated rings. The zero-order valence-corrected chi connectivity index (χ0v) is 12.2. The summed E-state index contributed by atoms with van der Waals surface area (Å²) in [5.74, 6) is 0. The van der Waals surface area contributed by atoms with Crippen LogP contribution in [-0.4, -0.2) is 30.2 Å². The maximum absolute atomic E-state index is 12.2. The first-order valence-electron chi connectivity index (χ1n) is 5.65. The van der Waals surface area contributed by atoms with Crippen molar-refractivity contribution in [3.8, 4) is 0 Å². The van der Waals surface area contributed by atoms with E-state index in [4.69, 9.17) is 13.4 Å². The van der Waals surface area contributed by atoms with Gasteiger partial charge in [-0.1, -0.05) is 6.92 Å². The van der Waals surface area contributed by atoms with Gasteiger partial charge >= 0.3 is 7.60 Å². The second-order valence-corrected chi connectivity index (χ2v) is 7.52.